The summed E-state index contributed by atoms with van der Waals surface area (Å²) in [5.74, 6) is 2.26. The second-order valence-electron chi connectivity index (χ2n) is 2.06. The first-order valence-corrected chi connectivity index (χ1v) is 8.93. The summed E-state index contributed by atoms with van der Waals surface area (Å²) in [6.45, 7) is 0. The van der Waals surface area contributed by atoms with Gasteiger partial charge in [0.2, 0.25) is 0 Å². The first kappa shape index (κ1) is 10.8. The molecule has 12 heavy (non-hydrogen) atoms. The Kier molecular flexibility index (Phi) is 5.60. The average molecular weight is 402 g/mol. The first-order valence-electron chi connectivity index (χ1n) is 3.44. The van der Waals surface area contributed by atoms with E-state index in [0.29, 0.717) is 29.9 Å². The van der Waals surface area contributed by atoms with Crippen molar-refractivity contribution in [3.8, 4) is 0 Å². The molecule has 0 saturated heterocycles. The standard InChI is InChI=1S/C9H9ISe2/c1-11-9(10)7-12-8-5-3-2-4-6-8/h2-7H,1H3/b9-7-. The molecule has 0 unspecified atom stereocenters. The summed E-state index contributed by atoms with van der Waals surface area (Å²) in [4.78, 5) is 2.38. The van der Waals surface area contributed by atoms with E-state index in [9.17, 15) is 0 Å². The van der Waals surface area contributed by atoms with Gasteiger partial charge in [-0.05, 0) is 0 Å². The Morgan fingerprint density at radius 2 is 2.00 bits per heavy atom. The van der Waals surface area contributed by atoms with Crippen LogP contribution in [0.1, 0.15) is 0 Å². The minimum atomic E-state index is 0.537. The van der Waals surface area contributed by atoms with Crippen molar-refractivity contribution in [1.29, 1.82) is 0 Å². The fraction of sp³-hybridized carbons (Fsp3) is 0.111. The zero-order chi connectivity index (χ0) is 8.81. The van der Waals surface area contributed by atoms with Crippen molar-refractivity contribution in [3.05, 3.63) is 37.8 Å². The molecule has 0 amide bonds. The van der Waals surface area contributed by atoms with E-state index in [1.807, 2.05) is 0 Å². The third-order valence-corrected chi connectivity index (χ3v) is 8.48. The molecule has 0 aromatic heterocycles. The van der Waals surface area contributed by atoms with Gasteiger partial charge in [0.05, 0.1) is 0 Å². The third-order valence-electron chi connectivity index (χ3n) is 1.23. The van der Waals surface area contributed by atoms with Crippen LogP contribution in [0.5, 0.6) is 0 Å². The Balaban J connectivity index is 2.54. The summed E-state index contributed by atoms with van der Waals surface area (Å²) >= 11 is 3.65. The zero-order valence-corrected chi connectivity index (χ0v) is 12.2. The molecule has 0 atom stereocenters. The first-order chi connectivity index (χ1) is 5.83. The van der Waals surface area contributed by atoms with Crippen molar-refractivity contribution in [2.24, 2.45) is 0 Å². The van der Waals surface area contributed by atoms with Gasteiger partial charge in [-0.15, -0.1) is 0 Å². The van der Waals surface area contributed by atoms with Crippen LogP contribution < -0.4 is 4.46 Å². The molecule has 0 saturated carbocycles. The molecule has 0 aliphatic rings. The molecule has 1 aromatic rings. The molecule has 1 rings (SSSR count). The van der Waals surface area contributed by atoms with Crippen LogP contribution in [0, 0.1) is 0 Å². The van der Waals surface area contributed by atoms with Crippen LogP contribution in [0.2, 0.25) is 5.82 Å². The molecule has 0 spiro atoms. The van der Waals surface area contributed by atoms with Gasteiger partial charge < -0.3 is 0 Å². The molecular weight excluding hydrogens is 393 g/mol. The van der Waals surface area contributed by atoms with Crippen molar-refractivity contribution < 1.29 is 0 Å². The van der Waals surface area contributed by atoms with E-state index in [1.54, 1.807) is 0 Å². The van der Waals surface area contributed by atoms with Gasteiger partial charge in [0.1, 0.15) is 0 Å². The Morgan fingerprint density at radius 3 is 2.58 bits per heavy atom. The van der Waals surface area contributed by atoms with Gasteiger partial charge in [-0.3, -0.25) is 0 Å². The molecule has 0 bridgehead atoms. The Labute approximate surface area is 99.7 Å². The normalized spacial score (nSPS) is 11.7. The van der Waals surface area contributed by atoms with Gasteiger partial charge in [0.25, 0.3) is 0 Å². The van der Waals surface area contributed by atoms with E-state index in [2.05, 4.69) is 63.7 Å². The Morgan fingerprint density at radius 1 is 1.33 bits per heavy atom. The summed E-state index contributed by atoms with van der Waals surface area (Å²) in [5, 5.41) is 0. The van der Waals surface area contributed by atoms with Gasteiger partial charge in [-0.25, -0.2) is 0 Å². The molecule has 0 nitrogen and oxygen atoms in total. The van der Waals surface area contributed by atoms with Crippen molar-refractivity contribution in [3.63, 3.8) is 0 Å². The maximum atomic E-state index is 2.44. The van der Waals surface area contributed by atoms with Crippen LogP contribution >= 0.6 is 22.6 Å². The molecule has 1 aromatic carbocycles. The molecule has 0 fully saturated rings. The number of hydrogen-bond acceptors (Lipinski definition) is 0. The predicted molar refractivity (Wildman–Crippen MR) is 65.6 cm³/mol. The zero-order valence-electron chi connectivity index (χ0n) is 6.66. The van der Waals surface area contributed by atoms with Crippen molar-refractivity contribution in [2.75, 3.05) is 0 Å². The number of rotatable bonds is 3. The number of halogens is 1. The Hall–Kier alpha value is 0.729. The van der Waals surface area contributed by atoms with Crippen molar-refractivity contribution in [2.45, 2.75) is 5.82 Å². The van der Waals surface area contributed by atoms with Crippen LogP contribution in [-0.2, 0) is 0 Å². The van der Waals surface area contributed by atoms with Crippen molar-refractivity contribution in [1.82, 2.24) is 0 Å². The monoisotopic (exact) mass is 404 g/mol. The van der Waals surface area contributed by atoms with Crippen LogP contribution in [0.25, 0.3) is 0 Å². The molecule has 0 heterocycles. The summed E-state index contributed by atoms with van der Waals surface area (Å²) < 4.78 is 2.99. The van der Waals surface area contributed by atoms with E-state index in [0.717, 1.165) is 0 Å². The second kappa shape index (κ2) is 6.22. The third kappa shape index (κ3) is 4.10. The van der Waals surface area contributed by atoms with Gasteiger partial charge in [0, 0.05) is 0 Å². The van der Waals surface area contributed by atoms with Crippen LogP contribution in [0.4, 0.5) is 0 Å². The molecule has 64 valence electrons. The molecule has 3 heteroatoms. The van der Waals surface area contributed by atoms with Gasteiger partial charge in [-0.2, -0.15) is 0 Å². The predicted octanol–water partition coefficient (Wildman–Crippen LogP) is 2.00. The fourth-order valence-corrected chi connectivity index (χ4v) is 4.24. The number of benzene rings is 1. The molecular formula is C9H9ISe2. The molecule has 0 aliphatic heterocycles. The molecule has 0 N–H and O–H groups in total. The fourth-order valence-electron chi connectivity index (χ4n) is 0.662. The summed E-state index contributed by atoms with van der Waals surface area (Å²) in [6, 6.07) is 10.7. The van der Waals surface area contributed by atoms with E-state index >= 15 is 0 Å². The summed E-state index contributed by atoms with van der Waals surface area (Å²) in [6.07, 6.45) is 0. The summed E-state index contributed by atoms with van der Waals surface area (Å²) in [5.41, 5.74) is 0. The average Bonchev–Trinajstić information content (AvgIpc) is 2.16. The SMILES string of the molecule is C[Se]/C(I)=C\[Se]c1ccccc1. The van der Waals surface area contributed by atoms with E-state index < -0.39 is 0 Å². The van der Waals surface area contributed by atoms with Crippen LogP contribution in [0.15, 0.2) is 37.8 Å². The van der Waals surface area contributed by atoms with Crippen LogP contribution in [0.3, 0.4) is 0 Å². The minimum absolute atomic E-state index is 0.537. The van der Waals surface area contributed by atoms with Gasteiger partial charge in [-0.1, -0.05) is 0 Å². The maximum absolute atomic E-state index is 2.44. The van der Waals surface area contributed by atoms with E-state index in [4.69, 9.17) is 0 Å². The summed E-state index contributed by atoms with van der Waals surface area (Å²) in [7, 11) is 0. The molecule has 0 radical (unpaired) electrons. The quantitative estimate of drug-likeness (QED) is 0.537. The van der Waals surface area contributed by atoms with E-state index in [-0.39, 0.29) is 0 Å². The van der Waals surface area contributed by atoms with Crippen molar-refractivity contribution >= 4 is 57.0 Å². The van der Waals surface area contributed by atoms with E-state index in [1.165, 1.54) is 6.94 Å². The Bertz CT molecular complexity index is 256. The molecule has 0 aliphatic carbocycles. The van der Waals surface area contributed by atoms with Crippen LogP contribution in [-0.4, -0.2) is 29.9 Å². The number of hydrogen-bond donors (Lipinski definition) is 0. The van der Waals surface area contributed by atoms with Gasteiger partial charge in [0.15, 0.2) is 0 Å². The second-order valence-corrected chi connectivity index (χ2v) is 8.62. The van der Waals surface area contributed by atoms with Gasteiger partial charge >= 0.3 is 101 Å². The topological polar surface area (TPSA) is 0 Å².